The lowest BCUT2D eigenvalue weighted by atomic mass is 10.1. The van der Waals surface area contributed by atoms with Gasteiger partial charge in [0.1, 0.15) is 0 Å². The van der Waals surface area contributed by atoms with Gasteiger partial charge >= 0.3 is 5.97 Å². The highest BCUT2D eigenvalue weighted by Crippen LogP contribution is 2.26. The maximum Gasteiger partial charge on any atom is 0.364 e. The quantitative estimate of drug-likeness (QED) is 0.656. The highest BCUT2D eigenvalue weighted by atomic mass is 16.7. The van der Waals surface area contributed by atoms with Crippen molar-refractivity contribution in [1.29, 1.82) is 0 Å². The molecule has 8 heteroatoms. The van der Waals surface area contributed by atoms with Crippen LogP contribution in [0.15, 0.2) is 30.3 Å². The van der Waals surface area contributed by atoms with Gasteiger partial charge in [-0.15, -0.1) is 0 Å². The van der Waals surface area contributed by atoms with Crippen molar-refractivity contribution in [1.82, 2.24) is 19.8 Å². The number of aromatic nitrogens is 3. The molecule has 3 heterocycles. The second-order valence-electron chi connectivity index (χ2n) is 6.05. The first-order valence-corrected chi connectivity index (χ1v) is 7.89. The zero-order chi connectivity index (χ0) is 18.6. The summed E-state index contributed by atoms with van der Waals surface area (Å²) in [7, 11) is 1.72. The van der Waals surface area contributed by atoms with Crippen LogP contribution in [0, 0.1) is 13.8 Å². The van der Waals surface area contributed by atoms with E-state index in [1.54, 1.807) is 43.8 Å². The minimum atomic E-state index is -0.814. The van der Waals surface area contributed by atoms with E-state index in [2.05, 4.69) is 10.1 Å². The molecule has 26 heavy (non-hydrogen) atoms. The second-order valence-corrected chi connectivity index (χ2v) is 6.05. The Hall–Kier alpha value is -3.55. The number of imide groups is 1. The van der Waals surface area contributed by atoms with E-state index in [0.717, 1.165) is 0 Å². The molecule has 0 aliphatic carbocycles. The number of benzene rings is 1. The SMILES string of the molecule is Cc1cc(C(=O)ON2C(=O)c3ccccc3C2=O)c2c(C)nn(C)c2n1. The minimum absolute atomic E-state index is 0.203. The molecule has 1 aliphatic heterocycles. The third kappa shape index (κ3) is 2.19. The minimum Gasteiger partial charge on any atom is -0.324 e. The van der Waals surface area contributed by atoms with Crippen molar-refractivity contribution in [3.05, 3.63) is 58.4 Å². The van der Waals surface area contributed by atoms with Gasteiger partial charge in [0, 0.05) is 12.7 Å². The Kier molecular flexibility index (Phi) is 3.36. The number of hydroxylamine groups is 2. The van der Waals surface area contributed by atoms with E-state index in [0.29, 0.717) is 27.5 Å². The van der Waals surface area contributed by atoms with Crippen LogP contribution in [0.2, 0.25) is 0 Å². The lowest BCUT2D eigenvalue weighted by Gasteiger charge is -2.13. The Morgan fingerprint density at radius 3 is 2.31 bits per heavy atom. The summed E-state index contributed by atoms with van der Waals surface area (Å²) in [6.07, 6.45) is 0. The average molecular weight is 350 g/mol. The van der Waals surface area contributed by atoms with Gasteiger partial charge in [0.25, 0.3) is 11.8 Å². The predicted molar refractivity (Wildman–Crippen MR) is 90.3 cm³/mol. The fourth-order valence-electron chi connectivity index (χ4n) is 3.11. The molecule has 0 unspecified atom stereocenters. The van der Waals surface area contributed by atoms with E-state index >= 15 is 0 Å². The van der Waals surface area contributed by atoms with Gasteiger partial charge in [-0.2, -0.15) is 5.10 Å². The highest BCUT2D eigenvalue weighted by molar-refractivity contribution is 6.21. The first-order valence-electron chi connectivity index (χ1n) is 7.89. The zero-order valence-corrected chi connectivity index (χ0v) is 14.3. The van der Waals surface area contributed by atoms with Gasteiger partial charge in [0.15, 0.2) is 5.65 Å². The summed E-state index contributed by atoms with van der Waals surface area (Å²) in [6, 6.07) is 7.87. The van der Waals surface area contributed by atoms with Crippen molar-refractivity contribution in [2.45, 2.75) is 13.8 Å². The smallest absolute Gasteiger partial charge is 0.324 e. The Morgan fingerprint density at radius 2 is 1.69 bits per heavy atom. The summed E-state index contributed by atoms with van der Waals surface area (Å²) in [4.78, 5) is 47.0. The number of aryl methyl sites for hydroxylation is 3. The molecule has 130 valence electrons. The van der Waals surface area contributed by atoms with E-state index in [4.69, 9.17) is 4.84 Å². The van der Waals surface area contributed by atoms with Crippen LogP contribution in [0.3, 0.4) is 0 Å². The van der Waals surface area contributed by atoms with E-state index in [-0.39, 0.29) is 16.7 Å². The number of hydrogen-bond donors (Lipinski definition) is 0. The molecular formula is C18H14N4O4. The fraction of sp³-hybridized carbons (Fsp3) is 0.167. The molecule has 0 atom stereocenters. The molecular weight excluding hydrogens is 336 g/mol. The molecule has 0 bridgehead atoms. The van der Waals surface area contributed by atoms with Crippen LogP contribution in [-0.2, 0) is 11.9 Å². The van der Waals surface area contributed by atoms with E-state index in [1.165, 1.54) is 12.1 Å². The molecule has 0 saturated carbocycles. The normalized spacial score (nSPS) is 13.4. The third-order valence-electron chi connectivity index (χ3n) is 4.25. The van der Waals surface area contributed by atoms with Crippen LogP contribution in [0.1, 0.15) is 42.5 Å². The molecule has 0 saturated heterocycles. The van der Waals surface area contributed by atoms with E-state index in [9.17, 15) is 14.4 Å². The number of nitrogens with zero attached hydrogens (tertiary/aromatic N) is 4. The molecule has 2 amide bonds. The van der Waals surface area contributed by atoms with Crippen molar-refractivity contribution in [2.24, 2.45) is 7.05 Å². The van der Waals surface area contributed by atoms with Gasteiger partial charge < -0.3 is 4.84 Å². The number of carbonyl (C=O) groups excluding carboxylic acids is 3. The van der Waals surface area contributed by atoms with Crippen LogP contribution in [0.25, 0.3) is 11.0 Å². The molecule has 8 nitrogen and oxygen atoms in total. The topological polar surface area (TPSA) is 94.4 Å². The van der Waals surface area contributed by atoms with Crippen LogP contribution in [0.4, 0.5) is 0 Å². The second kappa shape index (κ2) is 5.48. The number of amides is 2. The third-order valence-corrected chi connectivity index (χ3v) is 4.25. The largest absolute Gasteiger partial charge is 0.364 e. The summed E-state index contributed by atoms with van der Waals surface area (Å²) in [5, 5.41) is 5.30. The molecule has 2 aromatic heterocycles. The van der Waals surface area contributed by atoms with Crippen molar-refractivity contribution in [3.8, 4) is 0 Å². The van der Waals surface area contributed by atoms with Crippen molar-refractivity contribution in [3.63, 3.8) is 0 Å². The number of pyridine rings is 1. The number of carbonyl (C=O) groups is 3. The van der Waals surface area contributed by atoms with Gasteiger partial charge in [-0.1, -0.05) is 17.2 Å². The molecule has 1 aromatic carbocycles. The molecule has 0 fully saturated rings. The summed E-state index contributed by atoms with van der Waals surface area (Å²) < 4.78 is 1.57. The Balaban J connectivity index is 1.74. The Morgan fingerprint density at radius 1 is 1.08 bits per heavy atom. The number of fused-ring (bicyclic) bond motifs is 2. The fourth-order valence-corrected chi connectivity index (χ4v) is 3.11. The first kappa shape index (κ1) is 15.9. The van der Waals surface area contributed by atoms with Gasteiger partial charge in [0.2, 0.25) is 0 Å². The lowest BCUT2D eigenvalue weighted by Crippen LogP contribution is -2.32. The number of rotatable bonds is 2. The Labute approximate surface area is 147 Å². The van der Waals surface area contributed by atoms with Crippen molar-refractivity contribution >= 4 is 28.8 Å². The highest BCUT2D eigenvalue weighted by Gasteiger charge is 2.39. The van der Waals surface area contributed by atoms with Gasteiger partial charge in [0.05, 0.1) is 27.8 Å². The predicted octanol–water partition coefficient (Wildman–Crippen LogP) is 1.95. The van der Waals surface area contributed by atoms with Crippen molar-refractivity contribution in [2.75, 3.05) is 0 Å². The maximum absolute atomic E-state index is 12.7. The standard InChI is InChI=1S/C18H14N4O4/c1-9-8-13(14-10(2)20-21(3)15(14)19-9)18(25)26-22-16(23)11-6-4-5-7-12(11)17(22)24/h4-8H,1-3H3. The van der Waals surface area contributed by atoms with Gasteiger partial charge in [-0.25, -0.2) is 9.78 Å². The van der Waals surface area contributed by atoms with Crippen LogP contribution in [0.5, 0.6) is 0 Å². The van der Waals surface area contributed by atoms with Gasteiger partial charge in [-0.3, -0.25) is 14.3 Å². The summed E-state index contributed by atoms with van der Waals surface area (Å²) in [5.74, 6) is -2.14. The van der Waals surface area contributed by atoms with Crippen LogP contribution < -0.4 is 0 Å². The lowest BCUT2D eigenvalue weighted by molar-refractivity contribution is -0.0583. The van der Waals surface area contributed by atoms with Crippen LogP contribution >= 0.6 is 0 Å². The summed E-state index contributed by atoms with van der Waals surface area (Å²) in [5.41, 5.74) is 2.34. The molecule has 0 N–H and O–H groups in total. The maximum atomic E-state index is 12.7. The van der Waals surface area contributed by atoms with Crippen LogP contribution in [-0.4, -0.2) is 37.6 Å². The number of hydrogen-bond acceptors (Lipinski definition) is 6. The van der Waals surface area contributed by atoms with Crippen molar-refractivity contribution < 1.29 is 19.2 Å². The Bertz CT molecular complexity index is 1080. The molecule has 0 radical (unpaired) electrons. The molecule has 0 spiro atoms. The summed E-state index contributed by atoms with van der Waals surface area (Å²) in [6.45, 7) is 3.48. The molecule has 1 aliphatic rings. The summed E-state index contributed by atoms with van der Waals surface area (Å²) >= 11 is 0. The molecule has 4 rings (SSSR count). The zero-order valence-electron chi connectivity index (χ0n) is 14.3. The molecule has 3 aromatic rings. The first-order chi connectivity index (χ1) is 12.4. The van der Waals surface area contributed by atoms with Gasteiger partial charge in [-0.05, 0) is 32.0 Å². The van der Waals surface area contributed by atoms with E-state index in [1.807, 2.05) is 0 Å². The average Bonchev–Trinajstić information content (AvgIpc) is 3.03. The monoisotopic (exact) mass is 350 g/mol. The van der Waals surface area contributed by atoms with E-state index < -0.39 is 17.8 Å².